The Morgan fingerprint density at radius 3 is 1.65 bits per heavy atom. The molecule has 1 aromatic carbocycles. The maximum Gasteiger partial charge on any atom is 0.343 e. The largest absolute Gasteiger partial charge is 0.478 e. The summed E-state index contributed by atoms with van der Waals surface area (Å²) in [6.07, 6.45) is 10.9. The van der Waals surface area contributed by atoms with Crippen LogP contribution in [0.4, 0.5) is 0 Å². The van der Waals surface area contributed by atoms with Crippen LogP contribution in [0.15, 0.2) is 24.3 Å². The van der Waals surface area contributed by atoms with Crippen LogP contribution in [0.1, 0.15) is 120 Å². The molecule has 0 aromatic heterocycles. The number of carboxylic acid groups (broad SMARTS) is 1. The molecule has 1 aromatic rings. The van der Waals surface area contributed by atoms with Gasteiger partial charge in [0.15, 0.2) is 0 Å². The van der Waals surface area contributed by atoms with Gasteiger partial charge in [-0.3, -0.25) is 0 Å². The number of aromatic carboxylic acids is 1. The van der Waals surface area contributed by atoms with Gasteiger partial charge in [-0.05, 0) is 36.8 Å². The van der Waals surface area contributed by atoms with Gasteiger partial charge in [-0.15, -0.1) is 0 Å². The minimum absolute atomic E-state index is 0.0178. The smallest absolute Gasteiger partial charge is 0.343 e. The fourth-order valence-corrected chi connectivity index (χ4v) is 3.70. The van der Waals surface area contributed by atoms with Crippen molar-refractivity contribution < 1.29 is 28.9 Å². The van der Waals surface area contributed by atoms with E-state index in [2.05, 4.69) is 27.7 Å². The summed E-state index contributed by atoms with van der Waals surface area (Å²) < 4.78 is 17.4. The van der Waals surface area contributed by atoms with Crippen molar-refractivity contribution in [2.75, 3.05) is 13.2 Å². The number of benzene rings is 1. The fraction of sp³-hybridized carbons (Fsp3) is 0.714. The first kappa shape index (κ1) is 30.1. The van der Waals surface area contributed by atoms with Crippen molar-refractivity contribution in [1.82, 2.24) is 0 Å². The number of carbonyl (C=O) groups is 2. The SMILES string of the molecule is CC(C)CCCCCCOC(C)(OCCCCCCC(C)C)OC(=O)c1ccccc1C(=O)O. The molecule has 0 bridgehead atoms. The van der Waals surface area contributed by atoms with Crippen molar-refractivity contribution in [2.45, 2.75) is 105 Å². The Morgan fingerprint density at radius 1 is 0.765 bits per heavy atom. The molecular weight excluding hydrogens is 432 g/mol. The third-order valence-electron chi connectivity index (χ3n) is 5.74. The van der Waals surface area contributed by atoms with E-state index in [1.807, 2.05) is 0 Å². The zero-order chi connectivity index (χ0) is 25.4. The Bertz CT molecular complexity index is 691. The number of esters is 1. The van der Waals surface area contributed by atoms with E-state index in [0.29, 0.717) is 25.0 Å². The van der Waals surface area contributed by atoms with Crippen LogP contribution >= 0.6 is 0 Å². The number of unbranched alkanes of at least 4 members (excludes halogenated alkanes) is 6. The van der Waals surface area contributed by atoms with E-state index in [-0.39, 0.29) is 11.1 Å². The average Bonchev–Trinajstić information content (AvgIpc) is 2.77. The summed E-state index contributed by atoms with van der Waals surface area (Å²) in [4.78, 5) is 24.3. The second-order valence-corrected chi connectivity index (χ2v) is 9.99. The summed E-state index contributed by atoms with van der Waals surface area (Å²) in [5.74, 6) is -2.08. The normalized spacial score (nSPS) is 11.9. The summed E-state index contributed by atoms with van der Waals surface area (Å²) in [7, 11) is 0. The molecule has 0 aliphatic heterocycles. The monoisotopic (exact) mass is 478 g/mol. The highest BCUT2D eigenvalue weighted by Crippen LogP contribution is 2.21. The van der Waals surface area contributed by atoms with E-state index in [4.69, 9.17) is 14.2 Å². The summed E-state index contributed by atoms with van der Waals surface area (Å²) >= 11 is 0. The number of rotatable bonds is 19. The molecule has 0 atom stereocenters. The topological polar surface area (TPSA) is 82.1 Å². The first-order valence-corrected chi connectivity index (χ1v) is 13.0. The standard InChI is InChI=1S/C28H46O6/c1-22(2)16-10-6-8-14-20-32-28(5,33-21-15-9-7-11-17-23(3)4)34-27(31)25-19-13-12-18-24(25)26(29)30/h12-13,18-19,22-23H,6-11,14-17,20-21H2,1-5H3,(H,29,30). The highest BCUT2D eigenvalue weighted by atomic mass is 16.9. The molecule has 1 rings (SSSR count). The summed E-state index contributed by atoms with van der Waals surface area (Å²) in [5, 5.41) is 9.40. The van der Waals surface area contributed by atoms with Gasteiger partial charge in [-0.1, -0.05) is 91.2 Å². The second-order valence-electron chi connectivity index (χ2n) is 9.99. The first-order chi connectivity index (χ1) is 16.1. The Balaban J connectivity index is 2.63. The Morgan fingerprint density at radius 2 is 1.21 bits per heavy atom. The highest BCUT2D eigenvalue weighted by molar-refractivity contribution is 6.02. The number of hydrogen-bond donors (Lipinski definition) is 1. The number of ether oxygens (including phenoxy) is 3. The quantitative estimate of drug-likeness (QED) is 0.126. The second kappa shape index (κ2) is 16.7. The Kier molecular flexibility index (Phi) is 14.8. The molecule has 0 unspecified atom stereocenters. The van der Waals surface area contributed by atoms with Crippen molar-refractivity contribution in [2.24, 2.45) is 11.8 Å². The Hall–Kier alpha value is -1.92. The molecule has 0 amide bonds. The number of hydrogen-bond acceptors (Lipinski definition) is 5. The fourth-order valence-electron chi connectivity index (χ4n) is 3.70. The summed E-state index contributed by atoms with van der Waals surface area (Å²) in [5.41, 5.74) is -0.124. The molecule has 1 N–H and O–H groups in total. The van der Waals surface area contributed by atoms with Gasteiger partial charge in [-0.25, -0.2) is 9.59 Å². The molecule has 194 valence electrons. The first-order valence-electron chi connectivity index (χ1n) is 13.0. The van der Waals surface area contributed by atoms with Crippen molar-refractivity contribution in [3.63, 3.8) is 0 Å². The molecule has 0 saturated carbocycles. The van der Waals surface area contributed by atoms with Crippen LogP contribution in [0.2, 0.25) is 0 Å². The maximum atomic E-state index is 12.8. The van der Waals surface area contributed by atoms with Crippen molar-refractivity contribution >= 4 is 11.9 Å². The van der Waals surface area contributed by atoms with Gasteiger partial charge in [0.2, 0.25) is 0 Å². The zero-order valence-electron chi connectivity index (χ0n) is 21.9. The van der Waals surface area contributed by atoms with Crippen LogP contribution in [-0.4, -0.2) is 36.2 Å². The predicted octanol–water partition coefficient (Wildman–Crippen LogP) is 7.46. The van der Waals surface area contributed by atoms with Crippen molar-refractivity contribution in [1.29, 1.82) is 0 Å². The van der Waals surface area contributed by atoms with E-state index in [1.165, 1.54) is 37.8 Å². The molecule has 6 heteroatoms. The molecule has 0 saturated heterocycles. The number of carboxylic acids is 1. The van der Waals surface area contributed by atoms with Crippen LogP contribution in [0.25, 0.3) is 0 Å². The van der Waals surface area contributed by atoms with E-state index in [1.54, 1.807) is 19.1 Å². The maximum absolute atomic E-state index is 12.8. The lowest BCUT2D eigenvalue weighted by Gasteiger charge is -2.29. The van der Waals surface area contributed by atoms with Gasteiger partial charge < -0.3 is 19.3 Å². The molecule has 0 spiro atoms. The van der Waals surface area contributed by atoms with Gasteiger partial charge in [-0.2, -0.15) is 0 Å². The summed E-state index contributed by atoms with van der Waals surface area (Å²) in [6.45, 7) is 11.3. The van der Waals surface area contributed by atoms with E-state index < -0.39 is 17.9 Å². The van der Waals surface area contributed by atoms with Crippen molar-refractivity contribution in [3.8, 4) is 0 Å². The van der Waals surface area contributed by atoms with Gasteiger partial charge in [0, 0.05) is 6.92 Å². The Labute approximate surface area is 206 Å². The molecule has 0 fully saturated rings. The van der Waals surface area contributed by atoms with E-state index in [9.17, 15) is 14.7 Å². The summed E-state index contributed by atoms with van der Waals surface area (Å²) in [6, 6.07) is 6.00. The molecule has 0 aliphatic rings. The zero-order valence-corrected chi connectivity index (χ0v) is 21.9. The van der Waals surface area contributed by atoms with Crippen molar-refractivity contribution in [3.05, 3.63) is 35.4 Å². The average molecular weight is 479 g/mol. The minimum atomic E-state index is -1.56. The van der Waals surface area contributed by atoms with Crippen LogP contribution in [0, 0.1) is 11.8 Å². The van der Waals surface area contributed by atoms with Crippen LogP contribution in [-0.2, 0) is 14.2 Å². The van der Waals surface area contributed by atoms with Gasteiger partial charge in [0.1, 0.15) is 0 Å². The highest BCUT2D eigenvalue weighted by Gasteiger charge is 2.33. The lowest BCUT2D eigenvalue weighted by Crippen LogP contribution is -2.39. The lowest BCUT2D eigenvalue weighted by atomic mass is 10.0. The van der Waals surface area contributed by atoms with Gasteiger partial charge in [0.25, 0.3) is 0 Å². The minimum Gasteiger partial charge on any atom is -0.478 e. The van der Waals surface area contributed by atoms with E-state index in [0.717, 1.165) is 38.5 Å². The third kappa shape index (κ3) is 13.1. The molecule has 34 heavy (non-hydrogen) atoms. The molecule has 0 radical (unpaired) electrons. The third-order valence-corrected chi connectivity index (χ3v) is 5.74. The predicted molar refractivity (Wildman–Crippen MR) is 135 cm³/mol. The number of carbonyl (C=O) groups excluding carboxylic acids is 1. The van der Waals surface area contributed by atoms with E-state index >= 15 is 0 Å². The molecule has 6 nitrogen and oxygen atoms in total. The van der Waals surface area contributed by atoms with Crippen LogP contribution < -0.4 is 0 Å². The molecule has 0 heterocycles. The van der Waals surface area contributed by atoms with Gasteiger partial charge >= 0.3 is 17.9 Å². The van der Waals surface area contributed by atoms with Crippen LogP contribution in [0.3, 0.4) is 0 Å². The molecule has 0 aliphatic carbocycles. The van der Waals surface area contributed by atoms with Gasteiger partial charge in [0.05, 0.1) is 24.3 Å². The van der Waals surface area contributed by atoms with Crippen LogP contribution in [0.5, 0.6) is 0 Å². The molecular formula is C28H46O6. The lowest BCUT2D eigenvalue weighted by molar-refractivity contribution is -0.345.